The molecule has 0 saturated heterocycles. The van der Waals surface area contributed by atoms with Crippen molar-refractivity contribution >= 4 is 11.9 Å². The Labute approximate surface area is 103 Å². The Balaban J connectivity index is 2.63. The molecule has 1 aromatic rings. The summed E-state index contributed by atoms with van der Waals surface area (Å²) in [6, 6.07) is 3.17. The first-order valence-corrected chi connectivity index (χ1v) is 5.25. The third-order valence-electron chi connectivity index (χ3n) is 1.89. The van der Waals surface area contributed by atoms with E-state index in [0.717, 1.165) is 12.1 Å². The molecule has 0 aromatic heterocycles. The largest absolute Gasteiger partial charge is 0.479 e. The normalized spacial score (nSPS) is 10.2. The van der Waals surface area contributed by atoms with Crippen molar-refractivity contribution in [1.29, 1.82) is 0 Å². The van der Waals surface area contributed by atoms with Crippen LogP contribution in [0.15, 0.2) is 18.2 Å². The Bertz CT molecular complexity index is 456. The molecule has 0 atom stereocenters. The molecular weight excluding hydrogens is 243 g/mol. The standard InChI is InChI=1S/C12H13FO5/c1-7(2)18-11(14)6-17-10-4-3-8(12(15)16)5-9(10)13/h3-5,7H,6H2,1-2H3,(H,15,16). The first-order chi connectivity index (χ1) is 8.40. The van der Waals surface area contributed by atoms with Crippen LogP contribution in [0.5, 0.6) is 5.75 Å². The van der Waals surface area contributed by atoms with Gasteiger partial charge in [-0.15, -0.1) is 0 Å². The lowest BCUT2D eigenvalue weighted by Crippen LogP contribution is -2.19. The number of halogens is 1. The molecule has 0 spiro atoms. The topological polar surface area (TPSA) is 72.8 Å². The summed E-state index contributed by atoms with van der Waals surface area (Å²) in [6.07, 6.45) is -0.277. The maximum Gasteiger partial charge on any atom is 0.344 e. The summed E-state index contributed by atoms with van der Waals surface area (Å²) in [5, 5.41) is 8.64. The molecule has 0 aliphatic rings. The van der Waals surface area contributed by atoms with Crippen molar-refractivity contribution < 1.29 is 28.6 Å². The lowest BCUT2D eigenvalue weighted by Gasteiger charge is -2.09. The Morgan fingerprint density at radius 3 is 2.56 bits per heavy atom. The molecule has 0 unspecified atom stereocenters. The van der Waals surface area contributed by atoms with Gasteiger partial charge in [0.25, 0.3) is 0 Å². The fourth-order valence-electron chi connectivity index (χ4n) is 1.18. The Kier molecular flexibility index (Phi) is 4.65. The van der Waals surface area contributed by atoms with Crippen molar-refractivity contribution in [2.75, 3.05) is 6.61 Å². The third kappa shape index (κ3) is 4.04. The van der Waals surface area contributed by atoms with Crippen molar-refractivity contribution in [2.24, 2.45) is 0 Å². The van der Waals surface area contributed by atoms with Gasteiger partial charge in [-0.1, -0.05) is 0 Å². The van der Waals surface area contributed by atoms with Gasteiger partial charge in [0.2, 0.25) is 0 Å². The predicted octanol–water partition coefficient (Wildman–Crippen LogP) is 1.85. The van der Waals surface area contributed by atoms with E-state index in [1.54, 1.807) is 13.8 Å². The van der Waals surface area contributed by atoms with E-state index in [-0.39, 0.29) is 17.4 Å². The highest BCUT2D eigenvalue weighted by molar-refractivity contribution is 5.87. The fourth-order valence-corrected chi connectivity index (χ4v) is 1.18. The molecule has 98 valence electrons. The summed E-state index contributed by atoms with van der Waals surface area (Å²) in [7, 11) is 0. The van der Waals surface area contributed by atoms with E-state index in [4.69, 9.17) is 14.6 Å². The van der Waals surface area contributed by atoms with E-state index in [2.05, 4.69) is 0 Å². The average Bonchev–Trinajstić information content (AvgIpc) is 2.26. The number of esters is 1. The van der Waals surface area contributed by atoms with Crippen molar-refractivity contribution in [3.8, 4) is 5.75 Å². The minimum Gasteiger partial charge on any atom is -0.479 e. The van der Waals surface area contributed by atoms with Gasteiger partial charge in [0.05, 0.1) is 11.7 Å². The number of benzene rings is 1. The number of aromatic carboxylic acids is 1. The molecular formula is C12H13FO5. The van der Waals surface area contributed by atoms with Crippen molar-refractivity contribution in [3.63, 3.8) is 0 Å². The molecule has 0 aliphatic heterocycles. The highest BCUT2D eigenvalue weighted by Gasteiger charge is 2.12. The van der Waals surface area contributed by atoms with Crippen molar-refractivity contribution in [2.45, 2.75) is 20.0 Å². The van der Waals surface area contributed by atoms with Gasteiger partial charge in [-0.3, -0.25) is 0 Å². The van der Waals surface area contributed by atoms with Gasteiger partial charge in [-0.05, 0) is 32.0 Å². The SMILES string of the molecule is CC(C)OC(=O)COc1ccc(C(=O)O)cc1F. The minimum absolute atomic E-state index is 0.190. The summed E-state index contributed by atoms with van der Waals surface area (Å²) in [5.74, 6) is -2.89. The Hall–Kier alpha value is -2.11. The number of hydrogen-bond donors (Lipinski definition) is 1. The van der Waals surface area contributed by atoms with Crippen LogP contribution in [0.1, 0.15) is 24.2 Å². The van der Waals surface area contributed by atoms with Crippen LogP contribution in [-0.4, -0.2) is 29.8 Å². The molecule has 1 rings (SSSR count). The third-order valence-corrected chi connectivity index (χ3v) is 1.89. The molecule has 0 amide bonds. The molecule has 0 heterocycles. The molecule has 1 aromatic carbocycles. The first-order valence-electron chi connectivity index (χ1n) is 5.25. The van der Waals surface area contributed by atoms with Crippen LogP contribution in [0, 0.1) is 5.82 Å². The number of carboxylic acids is 1. The summed E-state index contributed by atoms with van der Waals surface area (Å²) >= 11 is 0. The maximum absolute atomic E-state index is 13.4. The molecule has 0 radical (unpaired) electrons. The number of rotatable bonds is 5. The zero-order chi connectivity index (χ0) is 13.7. The van der Waals surface area contributed by atoms with Gasteiger partial charge in [0.1, 0.15) is 0 Å². The number of carbonyl (C=O) groups excluding carboxylic acids is 1. The van der Waals surface area contributed by atoms with E-state index in [1.807, 2.05) is 0 Å². The van der Waals surface area contributed by atoms with E-state index >= 15 is 0 Å². The summed E-state index contributed by atoms with van der Waals surface area (Å²) < 4.78 is 23.1. The van der Waals surface area contributed by atoms with Crippen LogP contribution in [0.4, 0.5) is 4.39 Å². The van der Waals surface area contributed by atoms with Crippen LogP contribution in [0.3, 0.4) is 0 Å². The molecule has 1 N–H and O–H groups in total. The zero-order valence-electron chi connectivity index (χ0n) is 9.97. The molecule has 18 heavy (non-hydrogen) atoms. The monoisotopic (exact) mass is 256 g/mol. The Morgan fingerprint density at radius 1 is 1.39 bits per heavy atom. The molecule has 5 nitrogen and oxygen atoms in total. The predicted molar refractivity (Wildman–Crippen MR) is 60.1 cm³/mol. The zero-order valence-corrected chi connectivity index (χ0v) is 9.97. The molecule has 0 bridgehead atoms. The second-order valence-corrected chi connectivity index (χ2v) is 3.78. The summed E-state index contributed by atoms with van der Waals surface area (Å²) in [6.45, 7) is 2.93. The van der Waals surface area contributed by atoms with Crippen LogP contribution < -0.4 is 4.74 Å². The number of hydrogen-bond acceptors (Lipinski definition) is 4. The first kappa shape index (κ1) is 14.0. The minimum atomic E-state index is -1.24. The highest BCUT2D eigenvalue weighted by Crippen LogP contribution is 2.18. The van der Waals surface area contributed by atoms with Gasteiger partial charge in [-0.25, -0.2) is 14.0 Å². The van der Waals surface area contributed by atoms with Crippen LogP contribution in [0.25, 0.3) is 0 Å². The summed E-state index contributed by atoms with van der Waals surface area (Å²) in [4.78, 5) is 21.7. The quantitative estimate of drug-likeness (QED) is 0.814. The molecule has 0 aliphatic carbocycles. The van der Waals surface area contributed by atoms with Gasteiger partial charge >= 0.3 is 11.9 Å². The molecule has 6 heteroatoms. The maximum atomic E-state index is 13.4. The van der Waals surface area contributed by atoms with Crippen LogP contribution >= 0.6 is 0 Å². The van der Waals surface area contributed by atoms with Gasteiger partial charge < -0.3 is 14.6 Å². The summed E-state index contributed by atoms with van der Waals surface area (Å²) in [5.41, 5.74) is -0.190. The van der Waals surface area contributed by atoms with Gasteiger partial charge in [-0.2, -0.15) is 0 Å². The lowest BCUT2D eigenvalue weighted by molar-refractivity contribution is -0.149. The average molecular weight is 256 g/mol. The van der Waals surface area contributed by atoms with E-state index < -0.39 is 24.4 Å². The second kappa shape index (κ2) is 6.00. The second-order valence-electron chi connectivity index (χ2n) is 3.78. The van der Waals surface area contributed by atoms with Crippen molar-refractivity contribution in [3.05, 3.63) is 29.6 Å². The van der Waals surface area contributed by atoms with E-state index in [1.165, 1.54) is 6.07 Å². The van der Waals surface area contributed by atoms with E-state index in [9.17, 15) is 14.0 Å². The fraction of sp³-hybridized carbons (Fsp3) is 0.333. The Morgan fingerprint density at radius 2 is 2.06 bits per heavy atom. The van der Waals surface area contributed by atoms with Gasteiger partial charge in [0, 0.05) is 0 Å². The lowest BCUT2D eigenvalue weighted by atomic mass is 10.2. The number of carboxylic acid groups (broad SMARTS) is 1. The van der Waals surface area contributed by atoms with Crippen LogP contribution in [0.2, 0.25) is 0 Å². The van der Waals surface area contributed by atoms with Crippen molar-refractivity contribution in [1.82, 2.24) is 0 Å². The number of ether oxygens (including phenoxy) is 2. The van der Waals surface area contributed by atoms with Crippen LogP contribution in [-0.2, 0) is 9.53 Å². The highest BCUT2D eigenvalue weighted by atomic mass is 19.1. The number of carbonyl (C=O) groups is 2. The van der Waals surface area contributed by atoms with E-state index in [0.29, 0.717) is 0 Å². The molecule has 0 saturated carbocycles. The molecule has 0 fully saturated rings. The van der Waals surface area contributed by atoms with Gasteiger partial charge in [0.15, 0.2) is 18.2 Å². The smallest absolute Gasteiger partial charge is 0.344 e.